The zero-order valence-corrected chi connectivity index (χ0v) is 17.5. The predicted octanol–water partition coefficient (Wildman–Crippen LogP) is 1.60. The zero-order chi connectivity index (χ0) is 21.3. The van der Waals surface area contributed by atoms with Crippen LogP contribution in [0, 0.1) is 0 Å². The lowest BCUT2D eigenvalue weighted by Gasteiger charge is -2.11. The van der Waals surface area contributed by atoms with Crippen molar-refractivity contribution in [2.75, 3.05) is 41.0 Å². The van der Waals surface area contributed by atoms with E-state index in [0.29, 0.717) is 24.5 Å². The Morgan fingerprint density at radius 2 is 1.79 bits per heavy atom. The standard InChI is InChI=1S/C20H26N2O6S/c1-26-12-11-22-29(24,25)18-6-4-5-16(14-18)20(23)21-10-9-15-13-17(27-2)7-8-19(15)28-3/h4-8,13-14,22H,9-12H2,1-3H3,(H,21,23). The molecule has 2 aromatic carbocycles. The predicted molar refractivity (Wildman–Crippen MR) is 109 cm³/mol. The maximum absolute atomic E-state index is 12.4. The smallest absolute Gasteiger partial charge is 0.251 e. The van der Waals surface area contributed by atoms with Crippen molar-refractivity contribution in [2.24, 2.45) is 0 Å². The third kappa shape index (κ3) is 6.45. The van der Waals surface area contributed by atoms with E-state index in [1.807, 2.05) is 6.07 Å². The van der Waals surface area contributed by atoms with Crippen molar-refractivity contribution in [3.05, 3.63) is 53.6 Å². The van der Waals surface area contributed by atoms with Crippen molar-refractivity contribution >= 4 is 15.9 Å². The van der Waals surface area contributed by atoms with Gasteiger partial charge in [0.1, 0.15) is 11.5 Å². The number of hydrogen-bond donors (Lipinski definition) is 2. The molecule has 0 aliphatic carbocycles. The molecular weight excluding hydrogens is 396 g/mol. The monoisotopic (exact) mass is 422 g/mol. The van der Waals surface area contributed by atoms with Crippen molar-refractivity contribution in [2.45, 2.75) is 11.3 Å². The molecule has 0 spiro atoms. The SMILES string of the molecule is COCCNS(=O)(=O)c1cccc(C(=O)NCCc2cc(OC)ccc2OC)c1. The van der Waals surface area contributed by atoms with Crippen LogP contribution in [0.5, 0.6) is 11.5 Å². The van der Waals surface area contributed by atoms with E-state index in [1.165, 1.54) is 25.3 Å². The summed E-state index contributed by atoms with van der Waals surface area (Å²) in [5.74, 6) is 1.04. The number of carbonyl (C=O) groups excluding carboxylic acids is 1. The fourth-order valence-electron chi connectivity index (χ4n) is 2.66. The molecule has 0 saturated heterocycles. The van der Waals surface area contributed by atoms with Crippen LogP contribution in [-0.2, 0) is 21.2 Å². The first-order chi connectivity index (χ1) is 13.9. The van der Waals surface area contributed by atoms with Crippen LogP contribution in [0.25, 0.3) is 0 Å². The van der Waals surface area contributed by atoms with Crippen LogP contribution in [0.4, 0.5) is 0 Å². The minimum Gasteiger partial charge on any atom is -0.497 e. The normalized spacial score (nSPS) is 11.1. The summed E-state index contributed by atoms with van der Waals surface area (Å²) in [5.41, 5.74) is 1.16. The van der Waals surface area contributed by atoms with Crippen molar-refractivity contribution in [1.82, 2.24) is 10.0 Å². The van der Waals surface area contributed by atoms with E-state index in [2.05, 4.69) is 10.0 Å². The Balaban J connectivity index is 2.01. The van der Waals surface area contributed by atoms with Gasteiger partial charge in [-0.15, -0.1) is 0 Å². The molecule has 0 aromatic heterocycles. The lowest BCUT2D eigenvalue weighted by atomic mass is 10.1. The molecule has 2 aromatic rings. The Bertz CT molecular complexity index is 930. The summed E-state index contributed by atoms with van der Waals surface area (Å²) in [6.45, 7) is 0.760. The average Bonchev–Trinajstić information content (AvgIpc) is 2.73. The van der Waals surface area contributed by atoms with Crippen molar-refractivity contribution in [3.63, 3.8) is 0 Å². The summed E-state index contributed by atoms with van der Waals surface area (Å²) >= 11 is 0. The van der Waals surface area contributed by atoms with Gasteiger partial charge in [0.2, 0.25) is 10.0 Å². The van der Waals surface area contributed by atoms with Gasteiger partial charge in [-0.3, -0.25) is 4.79 Å². The van der Waals surface area contributed by atoms with E-state index in [1.54, 1.807) is 32.4 Å². The largest absolute Gasteiger partial charge is 0.497 e. The van der Waals surface area contributed by atoms with Crippen LogP contribution in [0.3, 0.4) is 0 Å². The highest BCUT2D eigenvalue weighted by atomic mass is 32.2. The summed E-state index contributed by atoms with van der Waals surface area (Å²) in [7, 11) is 0.939. The molecular formula is C20H26N2O6S. The molecule has 0 aliphatic rings. The number of hydrogen-bond acceptors (Lipinski definition) is 6. The number of ether oxygens (including phenoxy) is 3. The number of rotatable bonds is 11. The Morgan fingerprint density at radius 1 is 1.00 bits per heavy atom. The first-order valence-corrected chi connectivity index (χ1v) is 10.5. The molecule has 0 saturated carbocycles. The molecule has 0 unspecified atom stereocenters. The van der Waals surface area contributed by atoms with Gasteiger partial charge in [0.05, 0.1) is 25.7 Å². The number of nitrogens with one attached hydrogen (secondary N) is 2. The van der Waals surface area contributed by atoms with Crippen LogP contribution < -0.4 is 19.5 Å². The number of carbonyl (C=O) groups is 1. The number of sulfonamides is 1. The van der Waals surface area contributed by atoms with Gasteiger partial charge in [0.15, 0.2) is 0 Å². The maximum Gasteiger partial charge on any atom is 0.251 e. The molecule has 2 rings (SSSR count). The Morgan fingerprint density at radius 3 is 2.48 bits per heavy atom. The minimum absolute atomic E-state index is 0.0238. The summed E-state index contributed by atoms with van der Waals surface area (Å²) in [6, 6.07) is 11.3. The van der Waals surface area contributed by atoms with Gasteiger partial charge in [-0.1, -0.05) is 6.07 Å². The molecule has 29 heavy (non-hydrogen) atoms. The molecule has 0 radical (unpaired) electrons. The number of benzene rings is 2. The summed E-state index contributed by atoms with van der Waals surface area (Å²) in [5, 5.41) is 2.80. The highest BCUT2D eigenvalue weighted by Crippen LogP contribution is 2.24. The van der Waals surface area contributed by atoms with E-state index < -0.39 is 10.0 Å². The van der Waals surface area contributed by atoms with Crippen LogP contribution >= 0.6 is 0 Å². The average molecular weight is 423 g/mol. The molecule has 0 heterocycles. The first-order valence-electron chi connectivity index (χ1n) is 8.99. The third-order valence-electron chi connectivity index (χ3n) is 4.17. The lowest BCUT2D eigenvalue weighted by molar-refractivity contribution is 0.0954. The molecule has 2 N–H and O–H groups in total. The van der Waals surface area contributed by atoms with E-state index in [0.717, 1.165) is 5.56 Å². The second-order valence-electron chi connectivity index (χ2n) is 6.10. The summed E-state index contributed by atoms with van der Waals surface area (Å²) < 4.78 is 42.4. The molecule has 158 valence electrons. The van der Waals surface area contributed by atoms with Gasteiger partial charge in [-0.25, -0.2) is 13.1 Å². The van der Waals surface area contributed by atoms with Gasteiger partial charge in [0.25, 0.3) is 5.91 Å². The summed E-state index contributed by atoms with van der Waals surface area (Å²) in [4.78, 5) is 12.5. The Kier molecular flexibility index (Phi) is 8.44. The number of amides is 1. The molecule has 0 fully saturated rings. The second kappa shape index (κ2) is 10.8. The maximum atomic E-state index is 12.4. The molecule has 1 amide bonds. The van der Waals surface area contributed by atoms with Crippen LogP contribution in [-0.4, -0.2) is 55.4 Å². The van der Waals surface area contributed by atoms with Crippen LogP contribution in [0.15, 0.2) is 47.4 Å². The van der Waals surface area contributed by atoms with Crippen LogP contribution in [0.1, 0.15) is 15.9 Å². The van der Waals surface area contributed by atoms with Crippen molar-refractivity contribution < 1.29 is 27.4 Å². The van der Waals surface area contributed by atoms with Gasteiger partial charge in [-0.2, -0.15) is 0 Å². The van der Waals surface area contributed by atoms with Crippen molar-refractivity contribution in [1.29, 1.82) is 0 Å². The topological polar surface area (TPSA) is 103 Å². The van der Waals surface area contributed by atoms with Gasteiger partial charge in [-0.05, 0) is 48.4 Å². The molecule has 0 atom stereocenters. The summed E-state index contributed by atoms with van der Waals surface area (Å²) in [6.07, 6.45) is 0.530. The highest BCUT2D eigenvalue weighted by molar-refractivity contribution is 7.89. The van der Waals surface area contributed by atoms with E-state index >= 15 is 0 Å². The Hall–Kier alpha value is -2.62. The van der Waals surface area contributed by atoms with Crippen LogP contribution in [0.2, 0.25) is 0 Å². The highest BCUT2D eigenvalue weighted by Gasteiger charge is 2.16. The third-order valence-corrected chi connectivity index (χ3v) is 5.63. The molecule has 9 heteroatoms. The fraction of sp³-hybridized carbons (Fsp3) is 0.350. The van der Waals surface area contributed by atoms with Crippen molar-refractivity contribution in [3.8, 4) is 11.5 Å². The van der Waals surface area contributed by atoms with E-state index in [4.69, 9.17) is 14.2 Å². The van der Waals surface area contributed by atoms with E-state index in [9.17, 15) is 13.2 Å². The number of methoxy groups -OCH3 is 3. The molecule has 0 aliphatic heterocycles. The van der Waals surface area contributed by atoms with E-state index in [-0.39, 0.29) is 29.5 Å². The quantitative estimate of drug-likeness (QED) is 0.533. The first kappa shape index (κ1) is 22.7. The van der Waals surface area contributed by atoms with Gasteiger partial charge >= 0.3 is 0 Å². The minimum atomic E-state index is -3.71. The second-order valence-corrected chi connectivity index (χ2v) is 7.87. The molecule has 8 nitrogen and oxygen atoms in total. The van der Waals surface area contributed by atoms with Gasteiger partial charge < -0.3 is 19.5 Å². The Labute approximate surface area is 171 Å². The lowest BCUT2D eigenvalue weighted by Crippen LogP contribution is -2.28. The molecule has 0 bridgehead atoms. The fourth-order valence-corrected chi connectivity index (χ4v) is 3.71. The zero-order valence-electron chi connectivity index (χ0n) is 16.7. The van der Waals surface area contributed by atoms with Gasteiger partial charge in [0, 0.05) is 25.8 Å².